The van der Waals surface area contributed by atoms with E-state index in [1.165, 1.54) is 26.5 Å². The Kier molecular flexibility index (Phi) is 3.99. The van der Waals surface area contributed by atoms with E-state index in [0.717, 1.165) is 0 Å². The fourth-order valence-corrected chi connectivity index (χ4v) is 1.57. The summed E-state index contributed by atoms with van der Waals surface area (Å²) in [6.45, 7) is 0. The van der Waals surface area contributed by atoms with Gasteiger partial charge in [-0.05, 0) is 18.2 Å². The summed E-state index contributed by atoms with van der Waals surface area (Å²) in [7, 11) is 2.94. The molecule has 0 saturated carbocycles. The van der Waals surface area contributed by atoms with Crippen LogP contribution in [0.5, 0.6) is 23.1 Å². The molecular formula is C13H12N2O5. The first-order chi connectivity index (χ1) is 9.67. The largest absolute Gasteiger partial charge is 0.493 e. The number of carboxylic acids is 1. The molecule has 0 aliphatic rings. The number of nitrogens with zero attached hydrogens (tertiary/aromatic N) is 2. The Labute approximate surface area is 114 Å². The molecule has 0 radical (unpaired) electrons. The summed E-state index contributed by atoms with van der Waals surface area (Å²) in [5.74, 6) is -0.273. The first kappa shape index (κ1) is 13.6. The molecule has 1 aromatic heterocycles. The molecule has 104 valence electrons. The SMILES string of the molecule is COc1cccc(OC)c1Oc1nnccc1C(=O)O. The number of para-hydroxylation sites is 1. The summed E-state index contributed by atoms with van der Waals surface area (Å²) < 4.78 is 15.8. The van der Waals surface area contributed by atoms with Gasteiger partial charge in [-0.2, -0.15) is 5.10 Å². The third kappa shape index (κ3) is 2.61. The minimum Gasteiger partial charge on any atom is -0.493 e. The van der Waals surface area contributed by atoms with Crippen molar-refractivity contribution in [2.24, 2.45) is 0 Å². The fourth-order valence-electron chi connectivity index (χ4n) is 1.57. The van der Waals surface area contributed by atoms with Gasteiger partial charge in [0.1, 0.15) is 5.56 Å². The van der Waals surface area contributed by atoms with Crippen molar-refractivity contribution < 1.29 is 24.1 Å². The maximum atomic E-state index is 11.1. The first-order valence-corrected chi connectivity index (χ1v) is 5.61. The van der Waals surface area contributed by atoms with E-state index in [-0.39, 0.29) is 17.2 Å². The molecule has 0 spiro atoms. The van der Waals surface area contributed by atoms with E-state index in [9.17, 15) is 4.79 Å². The van der Waals surface area contributed by atoms with Crippen LogP contribution in [0.1, 0.15) is 10.4 Å². The van der Waals surface area contributed by atoms with Crippen molar-refractivity contribution in [3.8, 4) is 23.1 Å². The average Bonchev–Trinajstić information content (AvgIpc) is 2.47. The molecule has 0 saturated heterocycles. The number of hydrogen-bond donors (Lipinski definition) is 1. The van der Waals surface area contributed by atoms with E-state index in [2.05, 4.69) is 10.2 Å². The van der Waals surface area contributed by atoms with E-state index < -0.39 is 5.97 Å². The van der Waals surface area contributed by atoms with Gasteiger partial charge in [0.25, 0.3) is 5.88 Å². The number of methoxy groups -OCH3 is 2. The maximum absolute atomic E-state index is 11.1. The third-order valence-corrected chi connectivity index (χ3v) is 2.50. The second kappa shape index (κ2) is 5.87. The summed E-state index contributed by atoms with van der Waals surface area (Å²) in [5, 5.41) is 16.4. The lowest BCUT2D eigenvalue weighted by atomic mass is 10.2. The fraction of sp³-hybridized carbons (Fsp3) is 0.154. The minimum absolute atomic E-state index is 0.104. The van der Waals surface area contributed by atoms with Crippen LogP contribution in [0.15, 0.2) is 30.5 Å². The van der Waals surface area contributed by atoms with Crippen LogP contribution in [-0.2, 0) is 0 Å². The number of carbonyl (C=O) groups is 1. The van der Waals surface area contributed by atoms with Gasteiger partial charge in [0.05, 0.1) is 20.4 Å². The van der Waals surface area contributed by atoms with Gasteiger partial charge >= 0.3 is 5.97 Å². The quantitative estimate of drug-likeness (QED) is 0.892. The van der Waals surface area contributed by atoms with Crippen molar-refractivity contribution in [2.45, 2.75) is 0 Å². The lowest BCUT2D eigenvalue weighted by Gasteiger charge is -2.13. The Hall–Kier alpha value is -2.83. The van der Waals surface area contributed by atoms with Gasteiger partial charge in [-0.25, -0.2) is 4.79 Å². The van der Waals surface area contributed by atoms with E-state index in [4.69, 9.17) is 19.3 Å². The Morgan fingerprint density at radius 2 is 1.80 bits per heavy atom. The monoisotopic (exact) mass is 276 g/mol. The van der Waals surface area contributed by atoms with Gasteiger partial charge in [0.2, 0.25) is 5.75 Å². The predicted octanol–water partition coefficient (Wildman–Crippen LogP) is 1.98. The van der Waals surface area contributed by atoms with Crippen LogP contribution in [0.2, 0.25) is 0 Å². The highest BCUT2D eigenvalue weighted by atomic mass is 16.5. The molecule has 2 aromatic rings. The summed E-state index contributed by atoms with van der Waals surface area (Å²) in [6, 6.07) is 6.34. The van der Waals surface area contributed by atoms with Crippen LogP contribution in [-0.4, -0.2) is 35.5 Å². The molecule has 20 heavy (non-hydrogen) atoms. The molecule has 0 atom stereocenters. The standard InChI is InChI=1S/C13H12N2O5/c1-18-9-4-3-5-10(19-2)11(9)20-12-8(13(16)17)6-7-14-15-12/h3-7H,1-2H3,(H,16,17). The summed E-state index contributed by atoms with van der Waals surface area (Å²) >= 11 is 0. The van der Waals surface area contributed by atoms with Crippen LogP contribution >= 0.6 is 0 Å². The van der Waals surface area contributed by atoms with E-state index in [1.54, 1.807) is 18.2 Å². The number of aromatic carboxylic acids is 1. The van der Waals surface area contributed by atoms with Crippen molar-refractivity contribution in [3.63, 3.8) is 0 Å². The van der Waals surface area contributed by atoms with Gasteiger partial charge in [-0.3, -0.25) is 0 Å². The van der Waals surface area contributed by atoms with Gasteiger partial charge in [0, 0.05) is 0 Å². The summed E-state index contributed by atoms with van der Waals surface area (Å²) in [6.07, 6.45) is 1.27. The van der Waals surface area contributed by atoms with Gasteiger partial charge in [0.15, 0.2) is 11.5 Å². The smallest absolute Gasteiger partial charge is 0.341 e. The zero-order chi connectivity index (χ0) is 14.5. The zero-order valence-corrected chi connectivity index (χ0v) is 10.9. The average molecular weight is 276 g/mol. The van der Waals surface area contributed by atoms with Gasteiger partial charge in [-0.15, -0.1) is 5.10 Å². The molecular weight excluding hydrogens is 264 g/mol. The first-order valence-electron chi connectivity index (χ1n) is 5.61. The molecule has 0 aliphatic carbocycles. The molecule has 1 N–H and O–H groups in total. The molecule has 0 amide bonds. The van der Waals surface area contributed by atoms with Crippen LogP contribution in [0.3, 0.4) is 0 Å². The zero-order valence-electron chi connectivity index (χ0n) is 10.9. The molecule has 1 aromatic carbocycles. The second-order valence-corrected chi connectivity index (χ2v) is 3.65. The number of aromatic nitrogens is 2. The lowest BCUT2D eigenvalue weighted by molar-refractivity contribution is 0.0692. The number of ether oxygens (including phenoxy) is 3. The van der Waals surface area contributed by atoms with Gasteiger partial charge in [-0.1, -0.05) is 6.07 Å². The molecule has 2 rings (SSSR count). The normalized spacial score (nSPS) is 9.90. The Balaban J connectivity index is 2.47. The number of rotatable bonds is 5. The third-order valence-electron chi connectivity index (χ3n) is 2.50. The highest BCUT2D eigenvalue weighted by Crippen LogP contribution is 2.39. The van der Waals surface area contributed by atoms with E-state index >= 15 is 0 Å². The lowest BCUT2D eigenvalue weighted by Crippen LogP contribution is -2.04. The number of carboxylic acid groups (broad SMARTS) is 1. The van der Waals surface area contributed by atoms with E-state index in [0.29, 0.717) is 11.5 Å². The molecule has 7 nitrogen and oxygen atoms in total. The highest BCUT2D eigenvalue weighted by Gasteiger charge is 2.18. The van der Waals surface area contributed by atoms with Crippen molar-refractivity contribution >= 4 is 5.97 Å². The molecule has 0 aliphatic heterocycles. The number of benzene rings is 1. The highest BCUT2D eigenvalue weighted by molar-refractivity contribution is 5.90. The minimum atomic E-state index is -1.16. The van der Waals surface area contributed by atoms with Crippen LogP contribution in [0.25, 0.3) is 0 Å². The Bertz CT molecular complexity index is 608. The van der Waals surface area contributed by atoms with Crippen molar-refractivity contribution in [1.29, 1.82) is 0 Å². The van der Waals surface area contributed by atoms with Crippen LogP contribution in [0, 0.1) is 0 Å². The molecule has 7 heteroatoms. The topological polar surface area (TPSA) is 90.8 Å². The van der Waals surface area contributed by atoms with Crippen LogP contribution < -0.4 is 14.2 Å². The summed E-state index contributed by atoms with van der Waals surface area (Å²) in [4.78, 5) is 11.1. The van der Waals surface area contributed by atoms with E-state index in [1.807, 2.05) is 0 Å². The van der Waals surface area contributed by atoms with Crippen molar-refractivity contribution in [2.75, 3.05) is 14.2 Å². The van der Waals surface area contributed by atoms with Crippen LogP contribution in [0.4, 0.5) is 0 Å². The van der Waals surface area contributed by atoms with Crippen molar-refractivity contribution in [1.82, 2.24) is 10.2 Å². The Morgan fingerprint density at radius 3 is 2.35 bits per heavy atom. The molecule has 0 bridgehead atoms. The van der Waals surface area contributed by atoms with Gasteiger partial charge < -0.3 is 19.3 Å². The Morgan fingerprint density at radius 1 is 1.15 bits per heavy atom. The predicted molar refractivity (Wildman–Crippen MR) is 68.6 cm³/mol. The van der Waals surface area contributed by atoms with Crippen molar-refractivity contribution in [3.05, 3.63) is 36.0 Å². The molecule has 0 unspecified atom stereocenters. The molecule has 0 fully saturated rings. The number of hydrogen-bond acceptors (Lipinski definition) is 6. The molecule has 1 heterocycles. The summed E-state index contributed by atoms with van der Waals surface area (Å²) in [5.41, 5.74) is -0.104. The second-order valence-electron chi connectivity index (χ2n) is 3.65. The maximum Gasteiger partial charge on any atom is 0.341 e.